The number of aromatic nitrogens is 2. The van der Waals surface area contributed by atoms with Crippen LogP contribution in [0.25, 0.3) is 0 Å². The fraction of sp³-hybridized carbons (Fsp3) is 0.250. The maximum atomic E-state index is 12.4. The molecule has 1 amide bonds. The maximum absolute atomic E-state index is 12.4. The van der Waals surface area contributed by atoms with Crippen LogP contribution in [0.4, 0.5) is 5.69 Å². The molecule has 3 aromatic rings. The van der Waals surface area contributed by atoms with Crippen molar-refractivity contribution in [2.45, 2.75) is 25.7 Å². The predicted octanol–water partition coefficient (Wildman–Crippen LogP) is 4.14. The van der Waals surface area contributed by atoms with Gasteiger partial charge >= 0.3 is 0 Å². The Bertz CT molecular complexity index is 919. The topological polar surface area (TPSA) is 59.2 Å². The van der Waals surface area contributed by atoms with Gasteiger partial charge in [0.05, 0.1) is 6.42 Å². The molecule has 2 heterocycles. The third-order valence-corrected chi connectivity index (χ3v) is 4.84. The Hall–Kier alpha value is -2.66. The van der Waals surface area contributed by atoms with Gasteiger partial charge in [0.15, 0.2) is 5.82 Å². The Kier molecular flexibility index (Phi) is 4.47. The molecule has 1 aliphatic heterocycles. The lowest BCUT2D eigenvalue weighted by atomic mass is 10.1. The molecule has 1 unspecified atom stereocenters. The van der Waals surface area contributed by atoms with E-state index in [-0.39, 0.29) is 11.8 Å². The fourth-order valence-electron chi connectivity index (χ4n) is 3.14. The highest BCUT2D eigenvalue weighted by Crippen LogP contribution is 2.31. The number of benzene rings is 2. The van der Waals surface area contributed by atoms with Gasteiger partial charge in [0.25, 0.3) is 0 Å². The zero-order valence-corrected chi connectivity index (χ0v) is 15.1. The quantitative estimate of drug-likeness (QED) is 0.695. The van der Waals surface area contributed by atoms with Crippen LogP contribution in [-0.2, 0) is 11.2 Å². The Morgan fingerprint density at radius 3 is 2.62 bits per heavy atom. The van der Waals surface area contributed by atoms with E-state index in [9.17, 15) is 4.79 Å². The molecule has 1 aliphatic rings. The van der Waals surface area contributed by atoms with Gasteiger partial charge in [-0.15, -0.1) is 0 Å². The van der Waals surface area contributed by atoms with Crippen molar-refractivity contribution in [3.8, 4) is 0 Å². The number of anilines is 1. The van der Waals surface area contributed by atoms with Gasteiger partial charge in [-0.1, -0.05) is 46.6 Å². The summed E-state index contributed by atoms with van der Waals surface area (Å²) in [7, 11) is 0. The van der Waals surface area contributed by atoms with Crippen LogP contribution in [0.15, 0.2) is 53.1 Å². The van der Waals surface area contributed by atoms with Gasteiger partial charge in [-0.25, -0.2) is 0 Å². The van der Waals surface area contributed by atoms with Crippen LogP contribution in [0.3, 0.4) is 0 Å². The Balaban J connectivity index is 1.47. The molecule has 5 nitrogen and oxygen atoms in total. The molecule has 132 valence electrons. The molecule has 4 rings (SSSR count). The summed E-state index contributed by atoms with van der Waals surface area (Å²) in [4.78, 5) is 18.6. The molecule has 0 spiro atoms. The van der Waals surface area contributed by atoms with E-state index < -0.39 is 0 Å². The predicted molar refractivity (Wildman–Crippen MR) is 99.4 cm³/mol. The first-order valence-electron chi connectivity index (χ1n) is 8.52. The lowest BCUT2D eigenvalue weighted by Crippen LogP contribution is -2.24. The Morgan fingerprint density at radius 2 is 1.88 bits per heavy atom. The monoisotopic (exact) mass is 367 g/mol. The first-order chi connectivity index (χ1) is 12.6. The number of aryl methyl sites for hydroxylation is 1. The number of carbonyl (C=O) groups excluding carboxylic acids is 1. The summed E-state index contributed by atoms with van der Waals surface area (Å²) in [5, 5.41) is 4.75. The highest BCUT2D eigenvalue weighted by Gasteiger charge is 2.34. The summed E-state index contributed by atoms with van der Waals surface area (Å²) in [5.74, 6) is 1.16. The zero-order valence-electron chi connectivity index (χ0n) is 14.4. The third kappa shape index (κ3) is 3.48. The lowest BCUT2D eigenvalue weighted by Gasteiger charge is -2.16. The number of hydrogen-bond donors (Lipinski definition) is 0. The summed E-state index contributed by atoms with van der Waals surface area (Å²) in [6.07, 6.45) is 0.973. The van der Waals surface area contributed by atoms with Crippen LogP contribution in [0.5, 0.6) is 0 Å². The van der Waals surface area contributed by atoms with Crippen molar-refractivity contribution in [2.24, 2.45) is 0 Å². The van der Waals surface area contributed by atoms with Crippen LogP contribution in [0.2, 0.25) is 5.02 Å². The molecule has 1 saturated heterocycles. The van der Waals surface area contributed by atoms with E-state index in [4.69, 9.17) is 16.1 Å². The van der Waals surface area contributed by atoms with Crippen molar-refractivity contribution in [3.05, 3.63) is 76.4 Å². The van der Waals surface area contributed by atoms with E-state index in [2.05, 4.69) is 41.3 Å². The fourth-order valence-corrected chi connectivity index (χ4v) is 3.26. The lowest BCUT2D eigenvalue weighted by molar-refractivity contribution is -0.117. The largest absolute Gasteiger partial charge is 0.339 e. The minimum absolute atomic E-state index is 0.0576. The van der Waals surface area contributed by atoms with Gasteiger partial charge in [-0.3, -0.25) is 4.79 Å². The van der Waals surface area contributed by atoms with E-state index in [0.29, 0.717) is 36.1 Å². The normalized spacial score (nSPS) is 17.1. The number of amides is 1. The summed E-state index contributed by atoms with van der Waals surface area (Å²) < 4.78 is 5.39. The second-order valence-electron chi connectivity index (χ2n) is 6.59. The van der Waals surface area contributed by atoms with Gasteiger partial charge in [0.2, 0.25) is 11.8 Å². The molecular weight excluding hydrogens is 350 g/mol. The van der Waals surface area contributed by atoms with Crippen LogP contribution < -0.4 is 4.90 Å². The molecule has 0 aliphatic carbocycles. The SMILES string of the molecule is Cc1ccc(Cc2nc(C3CC(=O)N(c4ccc(Cl)cc4)C3)no2)cc1. The van der Waals surface area contributed by atoms with Gasteiger partial charge in [0, 0.05) is 29.6 Å². The van der Waals surface area contributed by atoms with E-state index in [0.717, 1.165) is 11.3 Å². The summed E-state index contributed by atoms with van der Waals surface area (Å²) >= 11 is 5.92. The van der Waals surface area contributed by atoms with E-state index in [1.807, 2.05) is 12.1 Å². The summed E-state index contributed by atoms with van der Waals surface area (Å²) in [6, 6.07) is 15.5. The minimum Gasteiger partial charge on any atom is -0.339 e. The molecule has 2 aromatic carbocycles. The summed E-state index contributed by atoms with van der Waals surface area (Å²) in [6.45, 7) is 2.60. The zero-order chi connectivity index (χ0) is 18.1. The van der Waals surface area contributed by atoms with Crippen molar-refractivity contribution in [3.63, 3.8) is 0 Å². The molecule has 6 heteroatoms. The second kappa shape index (κ2) is 6.92. The van der Waals surface area contributed by atoms with Gasteiger partial charge in [0.1, 0.15) is 0 Å². The number of carbonyl (C=O) groups is 1. The van der Waals surface area contributed by atoms with E-state index >= 15 is 0 Å². The van der Waals surface area contributed by atoms with Gasteiger partial charge in [-0.05, 0) is 36.8 Å². The third-order valence-electron chi connectivity index (χ3n) is 4.59. The average molecular weight is 368 g/mol. The van der Waals surface area contributed by atoms with Gasteiger partial charge in [-0.2, -0.15) is 4.98 Å². The van der Waals surface area contributed by atoms with Crippen LogP contribution in [0, 0.1) is 6.92 Å². The smallest absolute Gasteiger partial charge is 0.231 e. The van der Waals surface area contributed by atoms with E-state index in [1.54, 1.807) is 17.0 Å². The molecule has 0 N–H and O–H groups in total. The first kappa shape index (κ1) is 16.8. The standard InChI is InChI=1S/C20H18ClN3O2/c1-13-2-4-14(5-3-13)10-18-22-20(23-26-18)15-11-19(25)24(12-15)17-8-6-16(21)7-9-17/h2-9,15H,10-12H2,1H3. The van der Waals surface area contributed by atoms with Crippen molar-refractivity contribution < 1.29 is 9.32 Å². The average Bonchev–Trinajstić information content (AvgIpc) is 3.24. The molecule has 1 aromatic heterocycles. The molecule has 26 heavy (non-hydrogen) atoms. The molecule has 0 saturated carbocycles. The highest BCUT2D eigenvalue weighted by molar-refractivity contribution is 6.30. The number of rotatable bonds is 4. The summed E-state index contributed by atoms with van der Waals surface area (Å²) in [5.41, 5.74) is 3.17. The van der Waals surface area contributed by atoms with Crippen molar-refractivity contribution >= 4 is 23.2 Å². The number of nitrogens with zero attached hydrogens (tertiary/aromatic N) is 3. The van der Waals surface area contributed by atoms with Crippen molar-refractivity contribution in [1.82, 2.24) is 10.1 Å². The van der Waals surface area contributed by atoms with Crippen LogP contribution in [-0.4, -0.2) is 22.6 Å². The molecule has 1 atom stereocenters. The second-order valence-corrected chi connectivity index (χ2v) is 7.03. The maximum Gasteiger partial charge on any atom is 0.231 e. The molecule has 1 fully saturated rings. The number of halogens is 1. The Morgan fingerprint density at radius 1 is 1.15 bits per heavy atom. The molecule has 0 bridgehead atoms. The number of hydrogen-bond acceptors (Lipinski definition) is 4. The Labute approximate surface area is 156 Å². The molecule has 0 radical (unpaired) electrons. The van der Waals surface area contributed by atoms with Gasteiger partial charge < -0.3 is 9.42 Å². The van der Waals surface area contributed by atoms with Crippen LogP contribution in [0.1, 0.15) is 35.2 Å². The highest BCUT2D eigenvalue weighted by atomic mass is 35.5. The van der Waals surface area contributed by atoms with Crippen molar-refractivity contribution in [2.75, 3.05) is 11.4 Å². The molecular formula is C20H18ClN3O2. The van der Waals surface area contributed by atoms with Crippen LogP contribution >= 0.6 is 11.6 Å². The minimum atomic E-state index is -0.0614. The van der Waals surface area contributed by atoms with Crippen molar-refractivity contribution in [1.29, 1.82) is 0 Å². The van der Waals surface area contributed by atoms with E-state index in [1.165, 1.54) is 5.56 Å². The first-order valence-corrected chi connectivity index (χ1v) is 8.90.